The van der Waals surface area contributed by atoms with Gasteiger partial charge in [-0.15, -0.1) is 0 Å². The summed E-state index contributed by atoms with van der Waals surface area (Å²) in [6, 6.07) is 5.41. The van der Waals surface area contributed by atoms with Crippen molar-refractivity contribution in [3.63, 3.8) is 0 Å². The molecule has 12 heteroatoms. The van der Waals surface area contributed by atoms with Gasteiger partial charge in [0.25, 0.3) is 5.56 Å². The summed E-state index contributed by atoms with van der Waals surface area (Å²) in [5.74, 6) is -0.646. The second kappa shape index (κ2) is 6.74. The molecule has 6 N–H and O–H groups in total. The van der Waals surface area contributed by atoms with Crippen LogP contribution in [-0.4, -0.2) is 34.8 Å². The fourth-order valence-electron chi connectivity index (χ4n) is 1.61. The molecule has 0 aliphatic carbocycles. The average molecular weight is 369 g/mol. The molecule has 1 heterocycles. The van der Waals surface area contributed by atoms with Crippen LogP contribution in [0.4, 0.5) is 5.69 Å². The maximum Gasteiger partial charge on any atom is 0.328 e. The van der Waals surface area contributed by atoms with Crippen LogP contribution in [0.3, 0.4) is 0 Å². The summed E-state index contributed by atoms with van der Waals surface area (Å²) in [5, 5.41) is 17.1. The van der Waals surface area contributed by atoms with Crippen molar-refractivity contribution in [1.82, 2.24) is 9.97 Å². The molecule has 2 aromatic rings. The maximum atomic E-state index is 11.5. The Morgan fingerprint density at radius 3 is 2.42 bits per heavy atom. The number of sulfonamides is 1. The molecule has 0 aliphatic heterocycles. The van der Waals surface area contributed by atoms with Gasteiger partial charge in [-0.1, -0.05) is 0 Å². The fraction of sp³-hybridized carbons (Fsp3) is 0. The number of nitrogens with two attached hydrogens (primary N) is 1. The minimum atomic E-state index is -3.79. The van der Waals surface area contributed by atoms with Gasteiger partial charge in [-0.05, 0) is 36.5 Å². The smallest absolute Gasteiger partial charge is 0.328 e. The number of aliphatic imine (C=N–C) groups is 1. The van der Waals surface area contributed by atoms with Gasteiger partial charge >= 0.3 is 5.69 Å². The van der Waals surface area contributed by atoms with E-state index in [1.165, 1.54) is 24.3 Å². The molecule has 1 aromatic carbocycles. The number of aromatic nitrogens is 2. The summed E-state index contributed by atoms with van der Waals surface area (Å²) in [4.78, 5) is 30.1. The highest BCUT2D eigenvalue weighted by Gasteiger charge is 2.08. The third kappa shape index (κ3) is 4.34. The van der Waals surface area contributed by atoms with Gasteiger partial charge in [-0.25, -0.2) is 23.3 Å². The molecule has 0 spiro atoms. The summed E-state index contributed by atoms with van der Waals surface area (Å²) in [7, 11) is -3.79. The topological polar surface area (TPSA) is 170 Å². The Balaban J connectivity index is 2.14. The Hall–Kier alpha value is -2.83. The molecule has 2 rings (SSSR count). The molecular formula is C12H11N5O5S2. The zero-order chi connectivity index (χ0) is 17.9. The van der Waals surface area contributed by atoms with E-state index in [4.69, 9.17) is 17.4 Å². The van der Waals surface area contributed by atoms with E-state index in [1.54, 1.807) is 0 Å². The summed E-state index contributed by atoms with van der Waals surface area (Å²) < 4.78 is 22.3. The number of hydrogen-bond acceptors (Lipinski definition) is 6. The lowest BCUT2D eigenvalue weighted by molar-refractivity contribution is 0.447. The van der Waals surface area contributed by atoms with Gasteiger partial charge in [0, 0.05) is 11.9 Å². The van der Waals surface area contributed by atoms with Crippen LogP contribution in [0.5, 0.6) is 5.88 Å². The standard InChI is InChI=1S/C12H11N5O5S2/c13-24(21,22)7-3-1-6(2-4-7)15-12(23)14-5-8-9(18)16-11(20)17-10(8)19/h1-5H,(H,15,23)(H2,13,21,22)(H3,16,17,18,19,20)/b14-5-. The van der Waals surface area contributed by atoms with Crippen molar-refractivity contribution in [2.45, 2.75) is 4.90 Å². The summed E-state index contributed by atoms with van der Waals surface area (Å²) in [5.41, 5.74) is -1.53. The molecule has 0 unspecified atom stereocenters. The Kier molecular flexibility index (Phi) is 4.92. The molecule has 0 fully saturated rings. The first-order chi connectivity index (χ1) is 11.2. The molecule has 0 aliphatic rings. The van der Waals surface area contributed by atoms with Crippen LogP contribution < -0.4 is 21.7 Å². The lowest BCUT2D eigenvalue weighted by Gasteiger charge is -2.04. The molecule has 24 heavy (non-hydrogen) atoms. The number of benzene rings is 1. The normalized spacial score (nSPS) is 11.5. The van der Waals surface area contributed by atoms with Gasteiger partial charge in [0.1, 0.15) is 5.56 Å². The van der Waals surface area contributed by atoms with Crippen LogP contribution in [0.15, 0.2) is 43.7 Å². The third-order valence-corrected chi connectivity index (χ3v) is 3.84. The molecule has 0 amide bonds. The number of nitrogens with zero attached hydrogens (tertiary/aromatic N) is 1. The minimum absolute atomic E-state index is 0.0628. The van der Waals surface area contributed by atoms with Gasteiger partial charge in [-0.2, -0.15) is 0 Å². The van der Waals surface area contributed by atoms with Gasteiger partial charge in [0.05, 0.1) is 4.90 Å². The van der Waals surface area contributed by atoms with Crippen molar-refractivity contribution in [2.75, 3.05) is 5.32 Å². The van der Waals surface area contributed by atoms with E-state index in [0.29, 0.717) is 5.69 Å². The molecule has 0 atom stereocenters. The van der Waals surface area contributed by atoms with E-state index < -0.39 is 27.2 Å². The lowest BCUT2D eigenvalue weighted by Crippen LogP contribution is -2.25. The molecule has 1 aromatic heterocycles. The average Bonchev–Trinajstić information content (AvgIpc) is 2.45. The largest absolute Gasteiger partial charge is 0.494 e. The van der Waals surface area contributed by atoms with Crippen molar-refractivity contribution in [3.8, 4) is 5.88 Å². The molecule has 0 radical (unpaired) electrons. The molecular weight excluding hydrogens is 358 g/mol. The van der Waals surface area contributed by atoms with E-state index in [1.807, 2.05) is 9.97 Å². The predicted molar refractivity (Wildman–Crippen MR) is 91.0 cm³/mol. The number of anilines is 1. The van der Waals surface area contributed by atoms with Crippen molar-refractivity contribution >= 4 is 39.3 Å². The van der Waals surface area contributed by atoms with Crippen LogP contribution >= 0.6 is 12.2 Å². The monoisotopic (exact) mass is 369 g/mol. The van der Waals surface area contributed by atoms with Gasteiger partial charge in [-0.3, -0.25) is 14.8 Å². The highest BCUT2D eigenvalue weighted by Crippen LogP contribution is 2.13. The van der Waals surface area contributed by atoms with Crippen LogP contribution in [-0.2, 0) is 10.0 Å². The third-order valence-electron chi connectivity index (χ3n) is 2.70. The minimum Gasteiger partial charge on any atom is -0.494 e. The number of aromatic amines is 2. The van der Waals surface area contributed by atoms with Gasteiger partial charge in [0.2, 0.25) is 15.9 Å². The number of nitrogens with one attached hydrogen (secondary N) is 3. The quantitative estimate of drug-likeness (QED) is 0.349. The van der Waals surface area contributed by atoms with Crippen LogP contribution in [0, 0.1) is 0 Å². The lowest BCUT2D eigenvalue weighted by atomic mass is 10.3. The summed E-state index contributed by atoms with van der Waals surface area (Å²) >= 11 is 4.94. The van der Waals surface area contributed by atoms with Crippen molar-refractivity contribution in [2.24, 2.45) is 10.1 Å². The van der Waals surface area contributed by atoms with Gasteiger partial charge in [0.15, 0.2) is 5.11 Å². The van der Waals surface area contributed by atoms with E-state index in [-0.39, 0.29) is 15.6 Å². The highest BCUT2D eigenvalue weighted by molar-refractivity contribution is 7.89. The number of thiocarbonyl (C=S) groups is 1. The Bertz CT molecular complexity index is 1020. The van der Waals surface area contributed by atoms with Crippen molar-refractivity contribution in [3.05, 3.63) is 50.7 Å². The second-order valence-corrected chi connectivity index (χ2v) is 6.38. The van der Waals surface area contributed by atoms with E-state index in [2.05, 4.69) is 10.3 Å². The Morgan fingerprint density at radius 2 is 1.88 bits per heavy atom. The number of H-pyrrole nitrogens is 2. The number of aromatic hydroxyl groups is 1. The molecule has 0 saturated carbocycles. The zero-order valence-corrected chi connectivity index (χ0v) is 13.4. The first-order valence-electron chi connectivity index (χ1n) is 6.20. The number of rotatable bonds is 3. The molecule has 0 bridgehead atoms. The number of primary sulfonamides is 1. The van der Waals surface area contributed by atoms with E-state index >= 15 is 0 Å². The Labute approximate surface area is 140 Å². The maximum absolute atomic E-state index is 11.5. The fourth-order valence-corrected chi connectivity index (χ4v) is 2.30. The number of hydrogen-bond donors (Lipinski definition) is 5. The van der Waals surface area contributed by atoms with E-state index in [0.717, 1.165) is 6.21 Å². The van der Waals surface area contributed by atoms with Crippen LogP contribution in [0.25, 0.3) is 0 Å². The molecule has 126 valence electrons. The summed E-state index contributed by atoms with van der Waals surface area (Å²) in [6.45, 7) is 0. The zero-order valence-electron chi connectivity index (χ0n) is 11.8. The SMILES string of the molecule is NS(=O)(=O)c1ccc(NC(=S)/N=C\c2c(O)[nH]c(=O)[nH]c2=O)cc1. The first-order valence-corrected chi connectivity index (χ1v) is 8.16. The summed E-state index contributed by atoms with van der Waals surface area (Å²) in [6.07, 6.45) is 0.970. The van der Waals surface area contributed by atoms with Gasteiger partial charge < -0.3 is 10.4 Å². The van der Waals surface area contributed by atoms with E-state index in [9.17, 15) is 23.1 Å². The van der Waals surface area contributed by atoms with Crippen molar-refractivity contribution in [1.29, 1.82) is 0 Å². The second-order valence-electron chi connectivity index (χ2n) is 4.43. The van der Waals surface area contributed by atoms with Crippen molar-refractivity contribution < 1.29 is 13.5 Å². The Morgan fingerprint density at radius 1 is 1.25 bits per heavy atom. The van der Waals surface area contributed by atoms with Crippen LogP contribution in [0.2, 0.25) is 0 Å². The molecule has 0 saturated heterocycles. The predicted octanol–water partition coefficient (Wildman–Crippen LogP) is -0.768. The molecule has 10 nitrogen and oxygen atoms in total. The first kappa shape index (κ1) is 17.5. The van der Waals surface area contributed by atoms with Crippen LogP contribution in [0.1, 0.15) is 5.56 Å². The highest BCUT2D eigenvalue weighted by atomic mass is 32.2.